The molecule has 1 aromatic carbocycles. The second-order valence-electron chi connectivity index (χ2n) is 7.62. The highest BCUT2D eigenvalue weighted by Crippen LogP contribution is 2.38. The van der Waals surface area contributed by atoms with Gasteiger partial charge in [0, 0.05) is 27.7 Å². The zero-order valence-electron chi connectivity index (χ0n) is 19.2. The molecule has 0 N–H and O–H groups in total. The van der Waals surface area contributed by atoms with E-state index in [2.05, 4.69) is 0 Å². The van der Waals surface area contributed by atoms with Gasteiger partial charge in [0.2, 0.25) is 0 Å². The second-order valence-corrected chi connectivity index (χ2v) is 8.66. The molecule has 5 atom stereocenters. The van der Waals surface area contributed by atoms with Gasteiger partial charge < -0.3 is 23.7 Å². The molecule has 1 aromatic rings. The molecule has 0 unspecified atom stereocenters. The Bertz CT molecular complexity index is 1020. The number of nitrogens with zero attached hydrogens (tertiary/aromatic N) is 1. The van der Waals surface area contributed by atoms with Crippen molar-refractivity contribution in [1.82, 2.24) is 4.31 Å². The highest BCUT2D eigenvalue weighted by atomic mass is 32.2. The van der Waals surface area contributed by atoms with E-state index < -0.39 is 72.2 Å². The lowest BCUT2D eigenvalue weighted by molar-refractivity contribution is -0.237. The van der Waals surface area contributed by atoms with Crippen LogP contribution in [-0.4, -0.2) is 76.5 Å². The molecule has 0 aliphatic carbocycles. The number of carbonyl (C=O) groups is 6. The van der Waals surface area contributed by atoms with Crippen LogP contribution in [0.1, 0.15) is 48.4 Å². The zero-order valence-corrected chi connectivity index (χ0v) is 20.1. The minimum Gasteiger partial charge on any atom is -0.463 e. The first-order valence-electron chi connectivity index (χ1n) is 10.4. The van der Waals surface area contributed by atoms with Gasteiger partial charge in [0.25, 0.3) is 11.8 Å². The SMILES string of the molecule is CC(=O)OC[C@H]1O[C@H](SN2C(=O)c3ccccc3C2=O)[C@@H](OC(C)=O)[C@@H](OC(C)=O)[C@@H]1OC(C)=O. The molecule has 188 valence electrons. The number of rotatable bonds is 7. The van der Waals surface area contributed by atoms with Crippen molar-refractivity contribution in [3.63, 3.8) is 0 Å². The molecular formula is C22H23NO11S. The Morgan fingerprint density at radius 2 is 1.29 bits per heavy atom. The smallest absolute Gasteiger partial charge is 0.303 e. The molecule has 0 saturated carbocycles. The highest BCUT2D eigenvalue weighted by Gasteiger charge is 2.54. The minimum atomic E-state index is -1.40. The fourth-order valence-corrected chi connectivity index (χ4v) is 4.76. The molecule has 2 aliphatic heterocycles. The van der Waals surface area contributed by atoms with Gasteiger partial charge in [-0.25, -0.2) is 4.31 Å². The van der Waals surface area contributed by atoms with Crippen molar-refractivity contribution >= 4 is 47.6 Å². The Morgan fingerprint density at radius 3 is 1.77 bits per heavy atom. The second kappa shape index (κ2) is 10.9. The number of ether oxygens (including phenoxy) is 5. The molecule has 1 fully saturated rings. The van der Waals surface area contributed by atoms with E-state index in [4.69, 9.17) is 23.7 Å². The van der Waals surface area contributed by atoms with Crippen molar-refractivity contribution in [2.24, 2.45) is 0 Å². The van der Waals surface area contributed by atoms with Crippen LogP contribution in [0.5, 0.6) is 0 Å². The first kappa shape index (κ1) is 26.2. The van der Waals surface area contributed by atoms with Gasteiger partial charge in [-0.2, -0.15) is 0 Å². The Labute approximate surface area is 204 Å². The summed E-state index contributed by atoms with van der Waals surface area (Å²) >= 11 is 0.603. The van der Waals surface area contributed by atoms with E-state index in [0.29, 0.717) is 11.9 Å². The van der Waals surface area contributed by atoms with Crippen LogP contribution < -0.4 is 0 Å². The molecule has 12 nitrogen and oxygen atoms in total. The third-order valence-electron chi connectivity index (χ3n) is 4.91. The lowest BCUT2D eigenvalue weighted by Gasteiger charge is -2.44. The number of hydrogen-bond acceptors (Lipinski definition) is 12. The molecule has 0 bridgehead atoms. The van der Waals surface area contributed by atoms with Crippen molar-refractivity contribution in [3.05, 3.63) is 35.4 Å². The van der Waals surface area contributed by atoms with Gasteiger partial charge in [0.15, 0.2) is 23.7 Å². The van der Waals surface area contributed by atoms with Gasteiger partial charge in [-0.3, -0.25) is 28.8 Å². The van der Waals surface area contributed by atoms with Crippen LogP contribution in [0.15, 0.2) is 24.3 Å². The van der Waals surface area contributed by atoms with E-state index in [-0.39, 0.29) is 11.1 Å². The summed E-state index contributed by atoms with van der Waals surface area (Å²) in [5.41, 5.74) is -0.941. The summed E-state index contributed by atoms with van der Waals surface area (Å²) in [5.74, 6) is -4.25. The topological polar surface area (TPSA) is 152 Å². The molecule has 3 rings (SSSR count). The molecule has 0 radical (unpaired) electrons. The third kappa shape index (κ3) is 5.98. The molecule has 2 aliphatic rings. The van der Waals surface area contributed by atoms with Crippen LogP contribution in [0.4, 0.5) is 0 Å². The molecule has 2 amide bonds. The number of esters is 4. The lowest BCUT2D eigenvalue weighted by Crippen LogP contribution is -2.62. The summed E-state index contributed by atoms with van der Waals surface area (Å²) < 4.78 is 27.8. The van der Waals surface area contributed by atoms with Gasteiger partial charge in [0.1, 0.15) is 12.7 Å². The average Bonchev–Trinajstić information content (AvgIpc) is 3.00. The van der Waals surface area contributed by atoms with Crippen molar-refractivity contribution in [2.75, 3.05) is 6.61 Å². The average molecular weight is 509 g/mol. The largest absolute Gasteiger partial charge is 0.463 e. The van der Waals surface area contributed by atoms with Crippen molar-refractivity contribution < 1.29 is 52.5 Å². The quantitative estimate of drug-likeness (QED) is 0.223. The maximum absolute atomic E-state index is 12.9. The van der Waals surface area contributed by atoms with E-state index in [0.717, 1.165) is 32.0 Å². The summed E-state index contributed by atoms with van der Waals surface area (Å²) in [6.07, 6.45) is -5.32. The number of benzene rings is 1. The normalized spacial score (nSPS) is 25.5. The van der Waals surface area contributed by atoms with Crippen LogP contribution in [0.2, 0.25) is 0 Å². The van der Waals surface area contributed by atoms with Crippen molar-refractivity contribution in [1.29, 1.82) is 0 Å². The molecule has 2 heterocycles. The Morgan fingerprint density at radius 1 is 0.800 bits per heavy atom. The van der Waals surface area contributed by atoms with Gasteiger partial charge in [-0.05, 0) is 24.1 Å². The Hall–Kier alpha value is -3.45. The van der Waals surface area contributed by atoms with E-state index in [1.807, 2.05) is 0 Å². The van der Waals surface area contributed by atoms with Crippen LogP contribution in [0.25, 0.3) is 0 Å². The lowest BCUT2D eigenvalue weighted by atomic mass is 9.99. The fraction of sp³-hybridized carbons (Fsp3) is 0.455. The van der Waals surface area contributed by atoms with Crippen molar-refractivity contribution in [3.8, 4) is 0 Å². The van der Waals surface area contributed by atoms with Gasteiger partial charge in [-0.1, -0.05) is 12.1 Å². The first-order chi connectivity index (χ1) is 16.5. The minimum absolute atomic E-state index is 0.177. The van der Waals surface area contributed by atoms with E-state index in [1.165, 1.54) is 12.1 Å². The maximum Gasteiger partial charge on any atom is 0.303 e. The first-order valence-corrected chi connectivity index (χ1v) is 11.3. The summed E-state index contributed by atoms with van der Waals surface area (Å²) in [6, 6.07) is 6.19. The van der Waals surface area contributed by atoms with Gasteiger partial charge in [-0.15, -0.1) is 0 Å². The van der Waals surface area contributed by atoms with E-state index in [9.17, 15) is 28.8 Å². The standard InChI is InChI=1S/C22H23NO11S/c1-10(24)30-9-16-17(31-11(2)25)18(32-12(3)26)19(33-13(4)27)22(34-16)35-23-20(28)14-7-5-6-8-15(14)21(23)29/h5-8,16-19,22H,9H2,1-4H3/t16-,17-,18+,19+,22-/m1/s1. The number of hydrogen-bond donors (Lipinski definition) is 0. The summed E-state index contributed by atoms with van der Waals surface area (Å²) in [7, 11) is 0. The van der Waals surface area contributed by atoms with Crippen LogP contribution >= 0.6 is 11.9 Å². The Balaban J connectivity index is 1.98. The number of carbonyl (C=O) groups excluding carboxylic acids is 6. The van der Waals surface area contributed by atoms with Crippen LogP contribution in [0, 0.1) is 0 Å². The number of amides is 2. The monoisotopic (exact) mass is 509 g/mol. The van der Waals surface area contributed by atoms with Crippen molar-refractivity contribution in [2.45, 2.75) is 57.5 Å². The third-order valence-corrected chi connectivity index (χ3v) is 6.04. The predicted octanol–water partition coefficient (Wildman–Crippen LogP) is 1.01. The summed E-state index contributed by atoms with van der Waals surface area (Å²) in [5, 5.41) is 0. The fourth-order valence-electron chi connectivity index (χ4n) is 3.64. The van der Waals surface area contributed by atoms with E-state index >= 15 is 0 Å². The molecule has 35 heavy (non-hydrogen) atoms. The predicted molar refractivity (Wildman–Crippen MR) is 116 cm³/mol. The zero-order chi connectivity index (χ0) is 25.9. The van der Waals surface area contributed by atoms with Gasteiger partial charge in [0.05, 0.1) is 11.1 Å². The molecule has 0 aromatic heterocycles. The molecule has 0 spiro atoms. The summed E-state index contributed by atoms with van der Waals surface area (Å²) in [4.78, 5) is 72.8. The summed E-state index contributed by atoms with van der Waals surface area (Å²) in [6.45, 7) is 4.03. The Kier molecular flexibility index (Phi) is 8.12. The molecule has 1 saturated heterocycles. The number of imide groups is 1. The van der Waals surface area contributed by atoms with Crippen LogP contribution in [0.3, 0.4) is 0 Å². The number of fused-ring (bicyclic) bond motifs is 1. The molecule has 13 heteroatoms. The maximum atomic E-state index is 12.9. The van der Waals surface area contributed by atoms with Gasteiger partial charge >= 0.3 is 23.9 Å². The van der Waals surface area contributed by atoms with E-state index in [1.54, 1.807) is 12.1 Å². The highest BCUT2D eigenvalue weighted by molar-refractivity contribution is 7.98. The molecular weight excluding hydrogens is 486 g/mol. The van der Waals surface area contributed by atoms with Crippen LogP contribution in [-0.2, 0) is 42.9 Å².